The van der Waals surface area contributed by atoms with E-state index < -0.39 is 34.7 Å². The standard InChI is InChI=1S/C37H29F3N2O5/c38-31-15-24(16-32(39)36(31)40)20-42-14-4-7-30(37(42)45)34(43)17-27(22-47-29-13-10-26-18-35(44)41-33(26)19-29)25-8-11-28(12-9-25)46-21-23-5-2-1-3-6-23/h1-16,19,27H,17-18,20-22H2,(H,41,44). The molecule has 1 aliphatic heterocycles. The van der Waals surface area contributed by atoms with E-state index in [9.17, 15) is 27.6 Å². The van der Waals surface area contributed by atoms with E-state index in [0.29, 0.717) is 30.2 Å². The van der Waals surface area contributed by atoms with Gasteiger partial charge >= 0.3 is 0 Å². The maximum absolute atomic E-state index is 13.8. The summed E-state index contributed by atoms with van der Waals surface area (Å²) >= 11 is 0. The van der Waals surface area contributed by atoms with Crippen LogP contribution < -0.4 is 20.3 Å². The number of anilines is 1. The lowest BCUT2D eigenvalue weighted by Gasteiger charge is -2.19. The number of nitrogens with one attached hydrogen (secondary N) is 1. The van der Waals surface area contributed by atoms with Gasteiger partial charge in [0, 0.05) is 30.3 Å². The summed E-state index contributed by atoms with van der Waals surface area (Å²) in [4.78, 5) is 38.7. The number of nitrogens with zero attached hydrogens (tertiary/aromatic N) is 1. The molecule has 6 rings (SSSR count). The van der Waals surface area contributed by atoms with Gasteiger partial charge in [0.25, 0.3) is 5.56 Å². The van der Waals surface area contributed by atoms with Crippen molar-refractivity contribution in [3.63, 3.8) is 0 Å². The lowest BCUT2D eigenvalue weighted by molar-refractivity contribution is -0.115. The molecule has 0 saturated heterocycles. The van der Waals surface area contributed by atoms with Crippen LogP contribution in [0.15, 0.2) is 108 Å². The minimum absolute atomic E-state index is 0.0273. The third kappa shape index (κ3) is 7.44. The Morgan fingerprint density at radius 2 is 1.53 bits per heavy atom. The zero-order chi connectivity index (χ0) is 32.9. The van der Waals surface area contributed by atoms with Crippen LogP contribution in [0.2, 0.25) is 0 Å². The summed E-state index contributed by atoms with van der Waals surface area (Å²) in [5.74, 6) is -4.24. The number of rotatable bonds is 12. The number of Topliss-reactive ketones (excluding diaryl/α,β-unsaturated/α-hetero) is 1. The molecule has 1 aromatic heterocycles. The number of hydrogen-bond acceptors (Lipinski definition) is 5. The molecule has 0 fully saturated rings. The van der Waals surface area contributed by atoms with Gasteiger partial charge in [0.1, 0.15) is 18.1 Å². The van der Waals surface area contributed by atoms with E-state index >= 15 is 0 Å². The van der Waals surface area contributed by atoms with Gasteiger partial charge in [-0.25, -0.2) is 13.2 Å². The summed E-state index contributed by atoms with van der Waals surface area (Å²) in [6.45, 7) is 0.204. The number of ketones is 1. The number of amides is 1. The Bertz CT molecular complexity index is 1970. The van der Waals surface area contributed by atoms with Crippen LogP contribution in [-0.4, -0.2) is 22.9 Å². The zero-order valence-corrected chi connectivity index (χ0v) is 25.1. The maximum atomic E-state index is 13.8. The van der Waals surface area contributed by atoms with E-state index in [0.717, 1.165) is 33.4 Å². The third-order valence-corrected chi connectivity index (χ3v) is 7.91. The first-order valence-corrected chi connectivity index (χ1v) is 14.9. The van der Waals surface area contributed by atoms with Crippen molar-refractivity contribution in [2.24, 2.45) is 0 Å². The Morgan fingerprint density at radius 1 is 0.809 bits per heavy atom. The van der Waals surface area contributed by atoms with Gasteiger partial charge in [-0.15, -0.1) is 0 Å². The summed E-state index contributed by atoms with van der Waals surface area (Å²) in [5.41, 5.74) is 2.59. The van der Waals surface area contributed by atoms with Gasteiger partial charge in [0.05, 0.1) is 25.1 Å². The van der Waals surface area contributed by atoms with Gasteiger partial charge in [0.2, 0.25) is 5.91 Å². The lowest BCUT2D eigenvalue weighted by atomic mass is 9.92. The fourth-order valence-electron chi connectivity index (χ4n) is 5.43. The number of ether oxygens (including phenoxy) is 2. The monoisotopic (exact) mass is 638 g/mol. The first kappa shape index (κ1) is 31.3. The van der Waals surface area contributed by atoms with E-state index in [4.69, 9.17) is 9.47 Å². The molecule has 4 aromatic carbocycles. The Balaban J connectivity index is 1.21. The van der Waals surface area contributed by atoms with Crippen LogP contribution >= 0.6 is 0 Å². The molecule has 47 heavy (non-hydrogen) atoms. The van der Waals surface area contributed by atoms with Crippen LogP contribution in [-0.2, 0) is 24.4 Å². The van der Waals surface area contributed by atoms with Gasteiger partial charge in [0.15, 0.2) is 23.2 Å². The molecule has 5 aromatic rings. The van der Waals surface area contributed by atoms with Gasteiger partial charge in [-0.1, -0.05) is 48.5 Å². The summed E-state index contributed by atoms with van der Waals surface area (Å²) < 4.78 is 54.2. The molecule has 1 N–H and O–H groups in total. The molecule has 0 bridgehead atoms. The number of hydrogen-bond donors (Lipinski definition) is 1. The number of carbonyl (C=O) groups is 2. The van der Waals surface area contributed by atoms with Crippen molar-refractivity contribution < 1.29 is 32.2 Å². The molecule has 0 spiro atoms. The molecule has 1 amide bonds. The molecule has 10 heteroatoms. The van der Waals surface area contributed by atoms with Crippen molar-refractivity contribution in [3.05, 3.63) is 159 Å². The minimum atomic E-state index is -1.60. The van der Waals surface area contributed by atoms with Crippen molar-refractivity contribution in [1.82, 2.24) is 4.57 Å². The molecular weight excluding hydrogens is 609 g/mol. The Hall–Kier alpha value is -5.64. The number of benzene rings is 4. The highest BCUT2D eigenvalue weighted by Crippen LogP contribution is 2.30. The average molecular weight is 639 g/mol. The number of pyridine rings is 1. The van der Waals surface area contributed by atoms with Crippen LogP contribution in [0.1, 0.15) is 45.0 Å². The quantitative estimate of drug-likeness (QED) is 0.120. The fraction of sp³-hybridized carbons (Fsp3) is 0.162. The SMILES string of the molecule is O=C1Cc2ccc(OCC(CC(=O)c3cccn(Cc4cc(F)c(F)c(F)c4)c3=O)c3ccc(OCc4ccccc4)cc3)cc2N1. The maximum Gasteiger partial charge on any atom is 0.261 e. The topological polar surface area (TPSA) is 86.6 Å². The first-order chi connectivity index (χ1) is 22.7. The highest BCUT2D eigenvalue weighted by molar-refractivity contribution is 5.99. The van der Waals surface area contributed by atoms with Crippen molar-refractivity contribution in [3.8, 4) is 11.5 Å². The molecule has 1 atom stereocenters. The average Bonchev–Trinajstić information content (AvgIpc) is 3.45. The van der Waals surface area contributed by atoms with Crippen LogP contribution in [0.25, 0.3) is 0 Å². The number of halogens is 3. The van der Waals surface area contributed by atoms with E-state index in [-0.39, 0.29) is 36.6 Å². The number of carbonyl (C=O) groups excluding carboxylic acids is 2. The molecule has 2 heterocycles. The Kier molecular flexibility index (Phi) is 9.19. The molecule has 0 aliphatic carbocycles. The van der Waals surface area contributed by atoms with Crippen molar-refractivity contribution in [2.75, 3.05) is 11.9 Å². The van der Waals surface area contributed by atoms with Crippen LogP contribution in [0, 0.1) is 17.5 Å². The van der Waals surface area contributed by atoms with Gasteiger partial charge in [-0.2, -0.15) is 0 Å². The Morgan fingerprint density at radius 3 is 2.28 bits per heavy atom. The van der Waals surface area contributed by atoms with Crippen LogP contribution in [0.5, 0.6) is 11.5 Å². The zero-order valence-electron chi connectivity index (χ0n) is 25.1. The predicted molar refractivity (Wildman–Crippen MR) is 169 cm³/mol. The summed E-state index contributed by atoms with van der Waals surface area (Å²) in [5, 5.41) is 2.79. The molecule has 0 radical (unpaired) electrons. The van der Waals surface area contributed by atoms with E-state index in [2.05, 4.69) is 5.32 Å². The molecule has 0 saturated carbocycles. The summed E-state index contributed by atoms with van der Waals surface area (Å²) in [7, 11) is 0. The van der Waals surface area contributed by atoms with Crippen molar-refractivity contribution >= 4 is 17.4 Å². The van der Waals surface area contributed by atoms with E-state index in [1.54, 1.807) is 24.3 Å². The second-order valence-electron chi connectivity index (χ2n) is 11.3. The van der Waals surface area contributed by atoms with Crippen molar-refractivity contribution in [2.45, 2.75) is 31.9 Å². The highest BCUT2D eigenvalue weighted by Gasteiger charge is 2.23. The fourth-order valence-corrected chi connectivity index (χ4v) is 5.43. The van der Waals surface area contributed by atoms with E-state index in [1.807, 2.05) is 48.5 Å². The third-order valence-electron chi connectivity index (χ3n) is 7.91. The van der Waals surface area contributed by atoms with Crippen LogP contribution in [0.3, 0.4) is 0 Å². The first-order valence-electron chi connectivity index (χ1n) is 14.9. The van der Waals surface area contributed by atoms with Gasteiger partial charge in [-0.05, 0) is 64.7 Å². The second kappa shape index (κ2) is 13.8. The smallest absolute Gasteiger partial charge is 0.261 e. The number of fused-ring (bicyclic) bond motifs is 1. The highest BCUT2D eigenvalue weighted by atomic mass is 19.2. The van der Waals surface area contributed by atoms with Gasteiger partial charge < -0.3 is 19.4 Å². The van der Waals surface area contributed by atoms with Crippen LogP contribution in [0.4, 0.5) is 18.9 Å². The summed E-state index contributed by atoms with van der Waals surface area (Å²) in [6.07, 6.45) is 1.59. The van der Waals surface area contributed by atoms with Crippen molar-refractivity contribution in [1.29, 1.82) is 0 Å². The summed E-state index contributed by atoms with van der Waals surface area (Å²) in [6, 6.07) is 26.8. The lowest BCUT2D eigenvalue weighted by Crippen LogP contribution is -2.27. The predicted octanol–water partition coefficient (Wildman–Crippen LogP) is 6.82. The molecular formula is C37H29F3N2O5. The molecule has 238 valence electrons. The molecule has 1 aliphatic rings. The minimum Gasteiger partial charge on any atom is -0.493 e. The molecule has 1 unspecified atom stereocenters. The largest absolute Gasteiger partial charge is 0.493 e. The number of aromatic nitrogens is 1. The second-order valence-corrected chi connectivity index (χ2v) is 11.3. The van der Waals surface area contributed by atoms with Gasteiger partial charge in [-0.3, -0.25) is 14.4 Å². The molecule has 7 nitrogen and oxygen atoms in total. The Labute approximate surface area is 268 Å². The normalized spacial score (nSPS) is 12.7. The van der Waals surface area contributed by atoms with E-state index in [1.165, 1.54) is 18.3 Å².